The van der Waals surface area contributed by atoms with E-state index >= 15 is 0 Å². The van der Waals surface area contributed by atoms with Crippen molar-refractivity contribution < 1.29 is 14.3 Å². The largest absolute Gasteiger partial charge is 0.506 e. The minimum atomic E-state index is -0.773. The summed E-state index contributed by atoms with van der Waals surface area (Å²) in [4.78, 5) is 29.8. The molecule has 0 fully saturated rings. The molecule has 3 heterocycles. The molecule has 1 aliphatic heterocycles. The number of nitrogens with one attached hydrogen (secondary N) is 1. The van der Waals surface area contributed by atoms with Crippen LogP contribution in [0.5, 0.6) is 5.75 Å². The van der Waals surface area contributed by atoms with E-state index in [1.54, 1.807) is 12.1 Å². The zero-order valence-corrected chi connectivity index (χ0v) is 14.9. The fourth-order valence-electron chi connectivity index (χ4n) is 3.67. The van der Waals surface area contributed by atoms with Crippen LogP contribution in [-0.2, 0) is 6.42 Å². The van der Waals surface area contributed by atoms with Crippen molar-refractivity contribution in [3.8, 4) is 5.75 Å². The van der Waals surface area contributed by atoms with E-state index in [4.69, 9.17) is 0 Å². The van der Waals surface area contributed by atoms with Gasteiger partial charge in [-0.1, -0.05) is 0 Å². The molecule has 0 aliphatic carbocycles. The van der Waals surface area contributed by atoms with Crippen LogP contribution < -0.4 is 10.9 Å². The van der Waals surface area contributed by atoms with Crippen LogP contribution in [0.1, 0.15) is 40.9 Å². The predicted octanol–water partition coefficient (Wildman–Crippen LogP) is 3.31. The van der Waals surface area contributed by atoms with Gasteiger partial charge in [0.15, 0.2) is 0 Å². The number of anilines is 1. The summed E-state index contributed by atoms with van der Waals surface area (Å²) in [5, 5.41) is 13.4. The lowest BCUT2D eigenvalue weighted by atomic mass is 9.95. The van der Waals surface area contributed by atoms with Crippen LogP contribution in [0.15, 0.2) is 35.3 Å². The van der Waals surface area contributed by atoms with Crippen LogP contribution >= 0.6 is 0 Å². The van der Waals surface area contributed by atoms with E-state index in [0.29, 0.717) is 23.9 Å². The monoisotopic (exact) mass is 367 g/mol. The van der Waals surface area contributed by atoms with Crippen LogP contribution in [-0.4, -0.2) is 20.6 Å². The lowest BCUT2D eigenvalue weighted by molar-refractivity contribution is 0.102. The zero-order chi connectivity index (χ0) is 19.3. The van der Waals surface area contributed by atoms with Crippen molar-refractivity contribution in [2.45, 2.75) is 32.7 Å². The number of hydrogen-bond donors (Lipinski definition) is 2. The van der Waals surface area contributed by atoms with Gasteiger partial charge in [-0.25, -0.2) is 9.37 Å². The molecule has 0 spiro atoms. The molecule has 2 N–H and O–H groups in total. The Hall–Kier alpha value is -3.22. The fourth-order valence-corrected chi connectivity index (χ4v) is 3.67. The van der Waals surface area contributed by atoms with Gasteiger partial charge < -0.3 is 15.0 Å². The van der Waals surface area contributed by atoms with E-state index in [0.717, 1.165) is 11.6 Å². The molecule has 3 aromatic rings. The number of rotatable bonds is 2. The first-order valence-corrected chi connectivity index (χ1v) is 8.70. The minimum Gasteiger partial charge on any atom is -0.506 e. The molecule has 0 radical (unpaired) electrons. The highest BCUT2D eigenvalue weighted by molar-refractivity contribution is 6.09. The zero-order valence-electron chi connectivity index (χ0n) is 14.9. The molecule has 4 rings (SSSR count). The lowest BCUT2D eigenvalue weighted by Gasteiger charge is -2.26. The first-order valence-electron chi connectivity index (χ1n) is 8.70. The van der Waals surface area contributed by atoms with Crippen molar-refractivity contribution >= 4 is 22.6 Å². The number of aromatic nitrogens is 2. The Morgan fingerprint density at radius 1 is 1.37 bits per heavy atom. The van der Waals surface area contributed by atoms with Crippen LogP contribution in [0.2, 0.25) is 0 Å². The Morgan fingerprint density at radius 3 is 2.89 bits per heavy atom. The average Bonchev–Trinajstić information content (AvgIpc) is 2.60. The summed E-state index contributed by atoms with van der Waals surface area (Å²) in [6, 6.07) is 5.79. The van der Waals surface area contributed by atoms with Gasteiger partial charge in [-0.2, -0.15) is 0 Å². The summed E-state index contributed by atoms with van der Waals surface area (Å²) in [5.74, 6) is -1.53. The summed E-state index contributed by atoms with van der Waals surface area (Å²) < 4.78 is 15.5. The predicted molar refractivity (Wildman–Crippen MR) is 99.8 cm³/mol. The second-order valence-electron chi connectivity index (χ2n) is 6.92. The standard InChI is InChI=1S/C20H18FN3O3/c1-10-5-6-22-15(7-10)23-19(26)16-18(25)14-9-13(21)8-12-4-3-11(2)24(17(12)14)20(16)27/h5-9,11,25H,3-4H2,1-2H3,(H,22,23,26)/t11-/m1/s1. The molecule has 7 heteroatoms. The number of halogens is 1. The molecular weight excluding hydrogens is 349 g/mol. The van der Waals surface area contributed by atoms with Gasteiger partial charge in [0.05, 0.1) is 5.52 Å². The van der Waals surface area contributed by atoms with Gasteiger partial charge in [-0.05, 0) is 62.1 Å². The second-order valence-corrected chi connectivity index (χ2v) is 6.92. The Kier molecular flexibility index (Phi) is 3.95. The highest BCUT2D eigenvalue weighted by Crippen LogP contribution is 2.35. The molecule has 6 nitrogen and oxygen atoms in total. The molecule has 1 aromatic carbocycles. The SMILES string of the molecule is Cc1ccnc(NC(=O)c2c(O)c3cc(F)cc4c3n(c2=O)[C@H](C)CC4)c1. The Balaban J connectivity index is 1.94. The molecule has 27 heavy (non-hydrogen) atoms. The molecule has 1 atom stereocenters. The molecule has 2 aromatic heterocycles. The number of aromatic hydroxyl groups is 1. The first kappa shape index (κ1) is 17.2. The highest BCUT2D eigenvalue weighted by atomic mass is 19.1. The number of benzene rings is 1. The Bertz CT molecular complexity index is 1150. The van der Waals surface area contributed by atoms with E-state index in [-0.39, 0.29) is 17.2 Å². The maximum absolute atomic E-state index is 14.0. The van der Waals surface area contributed by atoms with Crippen molar-refractivity contribution in [2.24, 2.45) is 0 Å². The lowest BCUT2D eigenvalue weighted by Crippen LogP contribution is -2.33. The van der Waals surface area contributed by atoms with Gasteiger partial charge >= 0.3 is 0 Å². The van der Waals surface area contributed by atoms with Gasteiger partial charge in [0.1, 0.15) is 22.9 Å². The summed E-state index contributed by atoms with van der Waals surface area (Å²) >= 11 is 0. The van der Waals surface area contributed by atoms with Crippen LogP contribution in [0, 0.1) is 12.7 Å². The summed E-state index contributed by atoms with van der Waals surface area (Å²) in [6.07, 6.45) is 2.79. The van der Waals surface area contributed by atoms with Gasteiger partial charge in [0, 0.05) is 17.6 Å². The topological polar surface area (TPSA) is 84.2 Å². The molecular formula is C20H18FN3O3. The maximum atomic E-state index is 14.0. The highest BCUT2D eigenvalue weighted by Gasteiger charge is 2.28. The summed E-state index contributed by atoms with van der Waals surface area (Å²) in [5.41, 5.74) is 1.03. The number of aryl methyl sites for hydroxylation is 2. The average molecular weight is 367 g/mol. The van der Waals surface area contributed by atoms with Crippen molar-refractivity contribution in [3.63, 3.8) is 0 Å². The van der Waals surface area contributed by atoms with Crippen molar-refractivity contribution in [2.75, 3.05) is 5.32 Å². The van der Waals surface area contributed by atoms with Crippen LogP contribution in [0.4, 0.5) is 10.2 Å². The number of carbonyl (C=O) groups is 1. The number of carbonyl (C=O) groups excluding carboxylic acids is 1. The maximum Gasteiger partial charge on any atom is 0.267 e. The van der Waals surface area contributed by atoms with Gasteiger partial charge in [-0.15, -0.1) is 0 Å². The van der Waals surface area contributed by atoms with Gasteiger partial charge in [0.25, 0.3) is 11.5 Å². The fraction of sp³-hybridized carbons (Fsp3) is 0.250. The smallest absolute Gasteiger partial charge is 0.267 e. The normalized spacial score (nSPS) is 15.7. The molecule has 138 valence electrons. The molecule has 1 amide bonds. The van der Waals surface area contributed by atoms with Crippen LogP contribution in [0.3, 0.4) is 0 Å². The summed E-state index contributed by atoms with van der Waals surface area (Å²) in [7, 11) is 0. The molecule has 0 unspecified atom stereocenters. The van der Waals surface area contributed by atoms with Crippen molar-refractivity contribution in [3.05, 3.63) is 63.3 Å². The number of pyridine rings is 2. The quantitative estimate of drug-likeness (QED) is 0.728. The van der Waals surface area contributed by atoms with Crippen LogP contribution in [0.25, 0.3) is 10.9 Å². The van der Waals surface area contributed by atoms with E-state index < -0.39 is 28.6 Å². The van der Waals surface area contributed by atoms with Crippen molar-refractivity contribution in [1.82, 2.24) is 9.55 Å². The second kappa shape index (κ2) is 6.19. The molecule has 0 saturated heterocycles. The Labute approximate surface area is 154 Å². The third-order valence-corrected chi connectivity index (χ3v) is 4.98. The van der Waals surface area contributed by atoms with E-state index in [2.05, 4.69) is 10.3 Å². The number of amides is 1. The minimum absolute atomic E-state index is 0.165. The van der Waals surface area contributed by atoms with E-state index in [9.17, 15) is 19.1 Å². The third-order valence-electron chi connectivity index (χ3n) is 4.98. The molecule has 1 aliphatic rings. The first-order chi connectivity index (χ1) is 12.9. The Morgan fingerprint density at radius 2 is 2.15 bits per heavy atom. The van der Waals surface area contributed by atoms with Gasteiger partial charge in [0.2, 0.25) is 0 Å². The van der Waals surface area contributed by atoms with Gasteiger partial charge in [-0.3, -0.25) is 9.59 Å². The third kappa shape index (κ3) is 2.75. The summed E-state index contributed by atoms with van der Waals surface area (Å²) in [6.45, 7) is 3.71. The van der Waals surface area contributed by atoms with Crippen molar-refractivity contribution in [1.29, 1.82) is 0 Å². The number of nitrogens with zero attached hydrogens (tertiary/aromatic N) is 2. The molecule has 0 bridgehead atoms. The molecule has 0 saturated carbocycles. The van der Waals surface area contributed by atoms with E-state index in [1.807, 2.05) is 13.8 Å². The number of hydrogen-bond acceptors (Lipinski definition) is 4. The van der Waals surface area contributed by atoms with E-state index in [1.165, 1.54) is 16.8 Å².